The Labute approximate surface area is 424 Å². The highest BCUT2D eigenvalue weighted by molar-refractivity contribution is 7.23. The highest BCUT2D eigenvalue weighted by Gasteiger charge is 2.50. The molecule has 3 atom stereocenters. The summed E-state index contributed by atoms with van der Waals surface area (Å²) in [5.74, 6) is -1.90. The average Bonchev–Trinajstić information content (AvgIpc) is 3.89. The van der Waals surface area contributed by atoms with Crippen LogP contribution in [0.15, 0.2) is 43.1 Å². The first-order valence-corrected chi connectivity index (χ1v) is 24.6. The minimum absolute atomic E-state index is 0.00329. The van der Waals surface area contributed by atoms with Gasteiger partial charge in [-0.25, -0.2) is 32.5 Å². The molecule has 0 spiro atoms. The lowest BCUT2D eigenvalue weighted by molar-refractivity contribution is 0.0427. The minimum Gasteiger partial charge on any atom is -0.489 e. The quantitative estimate of drug-likeness (QED) is 0.103. The normalized spacial score (nSPS) is 18.4. The standard InChI is InChI=1S/C51H56ClF3N8O8S/c1-11-14-32(28-15-12-19-57-41(28)63(46(65)70-49(5,6)7)47(66)71-50(8,9)10)62-21-22-67-39-35-38(58-44(59-42(35)62)68-26-51-18-13-20-61(51)25-27(53)23-51)37(55)34(36(39)52)29-16-17-31(54)40-33(29)30(24-56)43(72-40)60-45(64)69-48(2,3)4/h11-12,15-17,19,27,32H,1,13-14,18,20-23,25-26H2,2-10H3,(H,60,64)/t27-,32?,51+/m1/s1. The fourth-order valence-corrected chi connectivity index (χ4v) is 10.9. The number of alkyl halides is 1. The van der Waals surface area contributed by atoms with E-state index in [2.05, 4.69) is 26.8 Å². The van der Waals surface area contributed by atoms with E-state index in [1.807, 2.05) is 6.07 Å². The molecule has 1 unspecified atom stereocenters. The van der Waals surface area contributed by atoms with Crippen LogP contribution in [0.5, 0.6) is 11.8 Å². The van der Waals surface area contributed by atoms with E-state index in [0.717, 1.165) is 28.7 Å². The van der Waals surface area contributed by atoms with Crippen molar-refractivity contribution in [1.29, 1.82) is 5.26 Å². The molecule has 6 heterocycles. The number of carbonyl (C=O) groups excluding carboxylic acids is 3. The fourth-order valence-electron chi connectivity index (χ4n) is 9.45. The maximum absolute atomic E-state index is 18.2. The van der Waals surface area contributed by atoms with Crippen molar-refractivity contribution in [1.82, 2.24) is 19.9 Å². The van der Waals surface area contributed by atoms with E-state index in [-0.39, 0.29) is 110 Å². The summed E-state index contributed by atoms with van der Waals surface area (Å²) >= 11 is 8.07. The van der Waals surface area contributed by atoms with E-state index < -0.39 is 64.5 Å². The number of anilines is 3. The van der Waals surface area contributed by atoms with Crippen LogP contribution in [-0.4, -0.2) is 99.5 Å². The van der Waals surface area contributed by atoms with Crippen LogP contribution >= 0.6 is 22.9 Å². The number of nitrogens with one attached hydrogen (secondary N) is 1. The van der Waals surface area contributed by atoms with Crippen molar-refractivity contribution >= 4 is 78.8 Å². The predicted molar refractivity (Wildman–Crippen MR) is 268 cm³/mol. The van der Waals surface area contributed by atoms with Crippen LogP contribution in [0.4, 0.5) is 44.2 Å². The number of imide groups is 1. The van der Waals surface area contributed by atoms with Gasteiger partial charge in [-0.05, 0) is 106 Å². The second-order valence-electron chi connectivity index (χ2n) is 20.9. The van der Waals surface area contributed by atoms with Crippen LogP contribution in [0.3, 0.4) is 0 Å². The van der Waals surface area contributed by atoms with E-state index in [0.29, 0.717) is 18.5 Å². The molecular formula is C51H56ClF3N8O8S. The van der Waals surface area contributed by atoms with Crippen molar-refractivity contribution in [2.24, 2.45) is 0 Å². The first-order valence-electron chi connectivity index (χ1n) is 23.4. The van der Waals surface area contributed by atoms with E-state index in [9.17, 15) is 19.6 Å². The number of carbonyl (C=O) groups is 3. The van der Waals surface area contributed by atoms with Crippen LogP contribution in [0.1, 0.15) is 105 Å². The third-order valence-corrected chi connectivity index (χ3v) is 13.6. The number of aromatic nitrogens is 3. The molecule has 2 fully saturated rings. The first kappa shape index (κ1) is 51.9. The van der Waals surface area contributed by atoms with Crippen molar-refractivity contribution in [3.63, 3.8) is 0 Å². The summed E-state index contributed by atoms with van der Waals surface area (Å²) in [6.07, 6.45) is 0.741. The number of hydrogen-bond donors (Lipinski definition) is 1. The topological polar surface area (TPSA) is 182 Å². The van der Waals surface area contributed by atoms with E-state index in [1.165, 1.54) is 12.3 Å². The fraction of sp³-hybridized carbons (Fsp3) is 0.471. The Hall–Kier alpha value is -6.43. The van der Waals surface area contributed by atoms with Gasteiger partial charge in [-0.3, -0.25) is 10.2 Å². The molecule has 3 aromatic heterocycles. The smallest absolute Gasteiger partial charge is 0.425 e. The molecular weight excluding hydrogens is 977 g/mol. The molecule has 3 aliphatic heterocycles. The number of fused-ring (bicyclic) bond motifs is 2. The number of amides is 3. The monoisotopic (exact) mass is 1030 g/mol. The Balaban J connectivity index is 1.35. The number of hydrogen-bond acceptors (Lipinski definition) is 15. The molecule has 382 valence electrons. The Morgan fingerprint density at radius 1 is 1.04 bits per heavy atom. The lowest BCUT2D eigenvalue weighted by atomic mass is 9.95. The number of nitrogens with zero attached hydrogens (tertiary/aromatic N) is 7. The third kappa shape index (κ3) is 10.3. The Morgan fingerprint density at radius 2 is 1.74 bits per heavy atom. The van der Waals surface area contributed by atoms with Gasteiger partial charge in [0.15, 0.2) is 17.4 Å². The van der Waals surface area contributed by atoms with Gasteiger partial charge in [0.2, 0.25) is 0 Å². The van der Waals surface area contributed by atoms with Crippen molar-refractivity contribution in [3.8, 4) is 29.0 Å². The van der Waals surface area contributed by atoms with E-state index in [4.69, 9.17) is 40.3 Å². The third-order valence-electron chi connectivity index (χ3n) is 12.1. The van der Waals surface area contributed by atoms with Gasteiger partial charge in [0.1, 0.15) is 64.4 Å². The van der Waals surface area contributed by atoms with Crippen LogP contribution < -0.4 is 24.6 Å². The van der Waals surface area contributed by atoms with Crippen molar-refractivity contribution in [2.45, 2.75) is 123 Å². The Bertz CT molecular complexity index is 3010. The average molecular weight is 1030 g/mol. The van der Waals surface area contributed by atoms with Gasteiger partial charge in [0.25, 0.3) is 0 Å². The van der Waals surface area contributed by atoms with Crippen molar-refractivity contribution < 1.29 is 51.2 Å². The minimum atomic E-state index is -1.08. The van der Waals surface area contributed by atoms with Crippen molar-refractivity contribution in [2.75, 3.05) is 48.0 Å². The second-order valence-corrected chi connectivity index (χ2v) is 22.3. The van der Waals surface area contributed by atoms with Gasteiger partial charge in [0, 0.05) is 35.7 Å². The molecule has 0 radical (unpaired) electrons. The largest absolute Gasteiger partial charge is 0.489 e. The number of thiophene rings is 1. The summed E-state index contributed by atoms with van der Waals surface area (Å²) in [4.78, 5) is 59.8. The molecule has 3 amide bonds. The molecule has 8 rings (SSSR count). The number of rotatable bonds is 10. The molecule has 1 N–H and O–H groups in total. The Morgan fingerprint density at radius 3 is 2.39 bits per heavy atom. The number of nitriles is 1. The van der Waals surface area contributed by atoms with E-state index >= 15 is 13.2 Å². The summed E-state index contributed by atoms with van der Waals surface area (Å²) in [5.41, 5.74) is -4.17. The van der Waals surface area contributed by atoms with Gasteiger partial charge >= 0.3 is 24.3 Å². The van der Waals surface area contributed by atoms with Crippen LogP contribution in [-0.2, 0) is 14.2 Å². The SMILES string of the molecule is C=CCC(c1cccnc1N(C(=O)OC(C)(C)C)C(=O)OC(C)(C)C)N1CCOc2c(Cl)c(-c3ccc(F)c4sc(NC(=O)OC(C)(C)C)c(C#N)c34)c(F)c3nc(OC[C@@]45CCCN4C[C@H](F)C5)nc1c23. The van der Waals surface area contributed by atoms with E-state index in [1.54, 1.807) is 85.4 Å². The summed E-state index contributed by atoms with van der Waals surface area (Å²) in [5, 5.41) is 12.8. The van der Waals surface area contributed by atoms with Gasteiger partial charge in [0.05, 0.1) is 38.8 Å². The van der Waals surface area contributed by atoms with Crippen molar-refractivity contribution in [3.05, 3.63) is 70.9 Å². The molecule has 2 aromatic carbocycles. The molecule has 16 nitrogen and oxygen atoms in total. The zero-order valence-corrected chi connectivity index (χ0v) is 43.1. The zero-order valence-electron chi connectivity index (χ0n) is 41.5. The lowest BCUT2D eigenvalue weighted by Gasteiger charge is -2.35. The van der Waals surface area contributed by atoms with Gasteiger partial charge in [-0.2, -0.15) is 20.1 Å². The molecule has 5 aromatic rings. The molecule has 0 bridgehead atoms. The van der Waals surface area contributed by atoms with Gasteiger partial charge in [-0.15, -0.1) is 17.9 Å². The highest BCUT2D eigenvalue weighted by Crippen LogP contribution is 2.52. The maximum atomic E-state index is 18.2. The Kier molecular flexibility index (Phi) is 14.1. The second kappa shape index (κ2) is 19.5. The van der Waals surface area contributed by atoms with Gasteiger partial charge in [-0.1, -0.05) is 29.8 Å². The van der Waals surface area contributed by atoms with Crippen LogP contribution in [0.2, 0.25) is 5.02 Å². The summed E-state index contributed by atoms with van der Waals surface area (Å²) in [6, 6.07) is 6.55. The predicted octanol–water partition coefficient (Wildman–Crippen LogP) is 12.2. The van der Waals surface area contributed by atoms with Crippen LogP contribution in [0, 0.1) is 23.0 Å². The number of pyridine rings is 1. The zero-order chi connectivity index (χ0) is 52.2. The number of ether oxygens (including phenoxy) is 5. The first-order chi connectivity index (χ1) is 33.8. The highest BCUT2D eigenvalue weighted by atomic mass is 35.5. The lowest BCUT2D eigenvalue weighted by Crippen LogP contribution is -2.45. The molecule has 3 aliphatic rings. The summed E-state index contributed by atoms with van der Waals surface area (Å²) in [6.45, 7) is 19.7. The molecule has 2 saturated heterocycles. The molecule has 72 heavy (non-hydrogen) atoms. The molecule has 21 heteroatoms. The summed E-state index contributed by atoms with van der Waals surface area (Å²) in [7, 11) is 0. The number of halogens is 4. The molecule has 0 aliphatic carbocycles. The van der Waals surface area contributed by atoms with Gasteiger partial charge < -0.3 is 28.6 Å². The summed E-state index contributed by atoms with van der Waals surface area (Å²) < 4.78 is 78.7. The maximum Gasteiger partial charge on any atom is 0.425 e. The number of benzene rings is 2. The van der Waals surface area contributed by atoms with Crippen LogP contribution in [0.25, 0.3) is 32.1 Å². The molecule has 0 saturated carbocycles.